The molecule has 1 amide bonds. The second kappa shape index (κ2) is 5.07. The Labute approximate surface area is 104 Å². The summed E-state index contributed by atoms with van der Waals surface area (Å²) in [6.07, 6.45) is -3.22. The van der Waals surface area contributed by atoms with E-state index in [4.69, 9.17) is 5.11 Å². The lowest BCUT2D eigenvalue weighted by molar-refractivity contribution is -0.205. The van der Waals surface area contributed by atoms with Crippen LogP contribution in [-0.2, 0) is 4.79 Å². The number of carbonyl (C=O) groups is 1. The number of carbonyl (C=O) groups excluding carboxylic acids is 1. The average Bonchev–Trinajstić information content (AvgIpc) is 2.88. The Morgan fingerprint density at radius 1 is 1.33 bits per heavy atom. The van der Waals surface area contributed by atoms with Gasteiger partial charge in [0, 0.05) is 12.5 Å². The molecule has 0 radical (unpaired) electrons. The van der Waals surface area contributed by atoms with Crippen LogP contribution >= 0.6 is 0 Å². The van der Waals surface area contributed by atoms with E-state index < -0.39 is 18.7 Å². The number of fused-ring (bicyclic) bond motifs is 2. The molecule has 0 aromatic carbocycles. The van der Waals surface area contributed by atoms with Crippen LogP contribution in [0.25, 0.3) is 0 Å². The van der Waals surface area contributed by atoms with Crippen LogP contribution in [0.2, 0.25) is 0 Å². The Bertz CT molecular complexity index is 319. The number of hydrogen-bond acceptors (Lipinski definition) is 2. The third-order valence-corrected chi connectivity index (χ3v) is 4.17. The van der Waals surface area contributed by atoms with Crippen molar-refractivity contribution in [3.63, 3.8) is 0 Å². The Hall–Kier alpha value is -0.780. The summed E-state index contributed by atoms with van der Waals surface area (Å²) in [5.41, 5.74) is 0. The molecule has 0 aromatic heterocycles. The molecule has 0 aromatic rings. The first-order valence-electron chi connectivity index (χ1n) is 6.40. The predicted octanol–water partition coefficient (Wildman–Crippen LogP) is 1.85. The molecule has 0 spiro atoms. The molecule has 0 heterocycles. The minimum atomic E-state index is -4.60. The van der Waals surface area contributed by atoms with E-state index in [1.165, 1.54) is 6.42 Å². The summed E-state index contributed by atoms with van der Waals surface area (Å²) in [5.74, 6) is 0.886. The summed E-state index contributed by atoms with van der Waals surface area (Å²) in [6.45, 7) is -0.118. The summed E-state index contributed by atoms with van der Waals surface area (Å²) < 4.78 is 36.1. The monoisotopic (exact) mass is 265 g/mol. The van der Waals surface area contributed by atoms with Gasteiger partial charge in [-0.2, -0.15) is 13.2 Å². The van der Waals surface area contributed by atoms with Crippen molar-refractivity contribution in [2.45, 2.75) is 44.4 Å². The minimum Gasteiger partial charge on any atom is -0.384 e. The van der Waals surface area contributed by atoms with Gasteiger partial charge in [-0.05, 0) is 37.5 Å². The van der Waals surface area contributed by atoms with Gasteiger partial charge in [0.2, 0.25) is 5.91 Å². The fraction of sp³-hybridized carbons (Fsp3) is 0.917. The molecule has 18 heavy (non-hydrogen) atoms. The largest absolute Gasteiger partial charge is 0.414 e. The molecule has 2 N–H and O–H groups in total. The Balaban J connectivity index is 1.70. The number of halogens is 3. The molecular formula is C12H18F3NO2. The van der Waals surface area contributed by atoms with Gasteiger partial charge in [-0.3, -0.25) is 4.79 Å². The second-order valence-electron chi connectivity index (χ2n) is 5.42. The lowest BCUT2D eigenvalue weighted by Crippen LogP contribution is -2.37. The smallest absolute Gasteiger partial charge is 0.384 e. The van der Waals surface area contributed by atoms with Gasteiger partial charge in [-0.1, -0.05) is 6.42 Å². The van der Waals surface area contributed by atoms with E-state index in [9.17, 15) is 18.0 Å². The molecule has 2 bridgehead atoms. The molecule has 2 aliphatic rings. The van der Waals surface area contributed by atoms with Crippen molar-refractivity contribution in [1.29, 1.82) is 0 Å². The van der Waals surface area contributed by atoms with Gasteiger partial charge in [0.05, 0.1) is 0 Å². The molecule has 0 unspecified atom stereocenters. The van der Waals surface area contributed by atoms with E-state index in [0.717, 1.165) is 19.3 Å². The SMILES string of the molecule is O=C(NCC[C@H](O)C(F)(F)F)[C@H]1C[C@H]2CC[C@H]1C2. The van der Waals surface area contributed by atoms with E-state index in [1.807, 2.05) is 0 Å². The van der Waals surface area contributed by atoms with E-state index in [-0.39, 0.29) is 18.4 Å². The molecule has 2 aliphatic carbocycles. The van der Waals surface area contributed by atoms with Crippen molar-refractivity contribution < 1.29 is 23.1 Å². The molecule has 6 heteroatoms. The van der Waals surface area contributed by atoms with Crippen LogP contribution in [0.3, 0.4) is 0 Å². The number of nitrogens with one attached hydrogen (secondary N) is 1. The van der Waals surface area contributed by atoms with Crippen molar-refractivity contribution in [2.75, 3.05) is 6.54 Å². The lowest BCUT2D eigenvalue weighted by atomic mass is 9.88. The van der Waals surface area contributed by atoms with Crippen molar-refractivity contribution in [2.24, 2.45) is 17.8 Å². The molecule has 0 aliphatic heterocycles. The number of aliphatic hydroxyl groups is 1. The fourth-order valence-corrected chi connectivity index (χ4v) is 3.19. The number of rotatable bonds is 4. The maximum Gasteiger partial charge on any atom is 0.414 e. The van der Waals surface area contributed by atoms with Gasteiger partial charge in [0.1, 0.15) is 0 Å². The zero-order valence-corrected chi connectivity index (χ0v) is 10.0. The lowest BCUT2D eigenvalue weighted by Gasteiger charge is -2.21. The summed E-state index contributed by atoms with van der Waals surface area (Å²) in [4.78, 5) is 11.8. The maximum absolute atomic E-state index is 12.0. The average molecular weight is 265 g/mol. The van der Waals surface area contributed by atoms with Gasteiger partial charge < -0.3 is 10.4 Å². The molecule has 0 saturated heterocycles. The molecule has 4 atom stereocenters. The highest BCUT2D eigenvalue weighted by Crippen LogP contribution is 2.48. The highest BCUT2D eigenvalue weighted by molar-refractivity contribution is 5.79. The molecule has 3 nitrogen and oxygen atoms in total. The number of amides is 1. The van der Waals surface area contributed by atoms with Gasteiger partial charge in [-0.25, -0.2) is 0 Å². The zero-order valence-electron chi connectivity index (χ0n) is 10.0. The highest BCUT2D eigenvalue weighted by atomic mass is 19.4. The normalized spacial score (nSPS) is 32.6. The van der Waals surface area contributed by atoms with Crippen LogP contribution in [0.1, 0.15) is 32.1 Å². The highest BCUT2D eigenvalue weighted by Gasteiger charge is 2.43. The molecule has 2 rings (SSSR count). The molecular weight excluding hydrogens is 247 g/mol. The first-order valence-corrected chi connectivity index (χ1v) is 6.40. The van der Waals surface area contributed by atoms with Crippen molar-refractivity contribution >= 4 is 5.91 Å². The van der Waals surface area contributed by atoms with Crippen LogP contribution in [0.4, 0.5) is 13.2 Å². The van der Waals surface area contributed by atoms with Crippen LogP contribution in [-0.4, -0.2) is 29.8 Å². The van der Waals surface area contributed by atoms with Crippen LogP contribution in [0.5, 0.6) is 0 Å². The predicted molar refractivity (Wildman–Crippen MR) is 58.6 cm³/mol. The Morgan fingerprint density at radius 3 is 2.56 bits per heavy atom. The standard InChI is InChI=1S/C12H18F3NO2/c13-12(14,15)10(17)3-4-16-11(18)9-6-7-1-2-8(9)5-7/h7-10,17H,1-6H2,(H,16,18)/t7-,8-,9-,10-/m0/s1. The van der Waals surface area contributed by atoms with E-state index >= 15 is 0 Å². The molecule has 104 valence electrons. The van der Waals surface area contributed by atoms with Crippen LogP contribution < -0.4 is 5.32 Å². The van der Waals surface area contributed by atoms with Gasteiger partial charge in [-0.15, -0.1) is 0 Å². The van der Waals surface area contributed by atoms with E-state index in [0.29, 0.717) is 11.8 Å². The topological polar surface area (TPSA) is 49.3 Å². The maximum atomic E-state index is 12.0. The minimum absolute atomic E-state index is 0.0215. The third kappa shape index (κ3) is 2.96. The second-order valence-corrected chi connectivity index (χ2v) is 5.42. The van der Waals surface area contributed by atoms with E-state index in [2.05, 4.69) is 5.32 Å². The summed E-state index contributed by atoms with van der Waals surface area (Å²) in [6, 6.07) is 0. The van der Waals surface area contributed by atoms with Gasteiger partial charge in [0.15, 0.2) is 6.10 Å². The van der Waals surface area contributed by atoms with Crippen molar-refractivity contribution in [3.05, 3.63) is 0 Å². The summed E-state index contributed by atoms with van der Waals surface area (Å²) in [7, 11) is 0. The molecule has 2 fully saturated rings. The van der Waals surface area contributed by atoms with Crippen LogP contribution in [0.15, 0.2) is 0 Å². The molecule has 2 saturated carbocycles. The summed E-state index contributed by atoms with van der Waals surface area (Å²) >= 11 is 0. The number of alkyl halides is 3. The number of hydrogen-bond donors (Lipinski definition) is 2. The zero-order chi connectivity index (χ0) is 13.3. The van der Waals surface area contributed by atoms with Gasteiger partial charge >= 0.3 is 6.18 Å². The van der Waals surface area contributed by atoms with Crippen LogP contribution in [0, 0.1) is 17.8 Å². The third-order valence-electron chi connectivity index (χ3n) is 4.17. The Morgan fingerprint density at radius 2 is 2.06 bits per heavy atom. The number of aliphatic hydroxyl groups excluding tert-OH is 1. The fourth-order valence-electron chi connectivity index (χ4n) is 3.19. The van der Waals surface area contributed by atoms with Crippen molar-refractivity contribution in [3.8, 4) is 0 Å². The first-order chi connectivity index (χ1) is 8.38. The van der Waals surface area contributed by atoms with E-state index in [1.54, 1.807) is 0 Å². The van der Waals surface area contributed by atoms with Gasteiger partial charge in [0.25, 0.3) is 0 Å². The first kappa shape index (κ1) is 13.6. The van der Waals surface area contributed by atoms with Crippen molar-refractivity contribution in [1.82, 2.24) is 5.32 Å². The quantitative estimate of drug-likeness (QED) is 0.815. The summed E-state index contributed by atoms with van der Waals surface area (Å²) in [5, 5.41) is 11.3. The Kier molecular flexibility index (Phi) is 3.84.